The molecule has 0 aliphatic heterocycles. The molecule has 0 aliphatic rings. The average Bonchev–Trinajstić information content (AvgIpc) is 2.31. The molecule has 0 saturated heterocycles. The fraction of sp³-hybridized carbons (Fsp3) is 0.286. The number of hydrogen-bond donors (Lipinski definition) is 1. The van der Waals surface area contributed by atoms with Crippen molar-refractivity contribution in [3.63, 3.8) is 0 Å². The lowest BCUT2D eigenvalue weighted by molar-refractivity contribution is 0.414. The Kier molecular flexibility index (Phi) is 6.77. The van der Waals surface area contributed by atoms with Crippen LogP contribution in [0.1, 0.15) is 25.0 Å². The molecule has 0 heterocycles. The van der Waals surface area contributed by atoms with Gasteiger partial charge in [0.15, 0.2) is 0 Å². The standard InChI is InChI=1S/C12H14O2.C2H6/c1-4-5-12(13)11-7-6-10(14-3)8-9(11)2;1-2/h4-8,13H,1H2,2-3H3;1-2H3/b12-5+;. The first kappa shape index (κ1) is 14.3. The molecule has 0 unspecified atom stereocenters. The minimum Gasteiger partial charge on any atom is -0.507 e. The largest absolute Gasteiger partial charge is 0.507 e. The van der Waals surface area contributed by atoms with Crippen molar-refractivity contribution in [1.82, 2.24) is 0 Å². The van der Waals surface area contributed by atoms with Crippen molar-refractivity contribution < 1.29 is 9.84 Å². The highest BCUT2D eigenvalue weighted by Gasteiger charge is 2.03. The van der Waals surface area contributed by atoms with Crippen LogP contribution in [0.15, 0.2) is 36.9 Å². The van der Waals surface area contributed by atoms with Crippen LogP contribution in [0.25, 0.3) is 5.76 Å². The molecule has 2 nitrogen and oxygen atoms in total. The second-order valence-corrected chi connectivity index (χ2v) is 2.97. The number of methoxy groups -OCH3 is 1. The van der Waals surface area contributed by atoms with Crippen molar-refractivity contribution in [2.24, 2.45) is 0 Å². The molecular weight excluding hydrogens is 200 g/mol. The van der Waals surface area contributed by atoms with Gasteiger partial charge in [0.05, 0.1) is 7.11 Å². The zero-order chi connectivity index (χ0) is 12.6. The molecule has 0 aromatic heterocycles. The number of aliphatic hydroxyl groups is 1. The van der Waals surface area contributed by atoms with E-state index in [1.807, 2.05) is 39.0 Å². The van der Waals surface area contributed by atoms with E-state index in [0.29, 0.717) is 0 Å². The van der Waals surface area contributed by atoms with Gasteiger partial charge in [-0.15, -0.1) is 0 Å². The molecule has 2 heteroatoms. The number of rotatable bonds is 3. The predicted molar refractivity (Wildman–Crippen MR) is 69.9 cm³/mol. The first-order valence-electron chi connectivity index (χ1n) is 5.35. The van der Waals surface area contributed by atoms with Crippen molar-refractivity contribution in [2.75, 3.05) is 7.11 Å². The van der Waals surface area contributed by atoms with E-state index < -0.39 is 0 Å². The summed E-state index contributed by atoms with van der Waals surface area (Å²) in [6, 6.07) is 5.52. The number of aliphatic hydroxyl groups excluding tert-OH is 1. The molecule has 1 rings (SSSR count). The Bertz CT molecular complexity index is 365. The quantitative estimate of drug-likeness (QED) is 0.613. The molecule has 1 aromatic carbocycles. The third-order valence-corrected chi connectivity index (χ3v) is 1.99. The maximum atomic E-state index is 9.61. The van der Waals surface area contributed by atoms with Gasteiger partial charge in [-0.2, -0.15) is 0 Å². The van der Waals surface area contributed by atoms with Crippen LogP contribution in [0.2, 0.25) is 0 Å². The van der Waals surface area contributed by atoms with Crippen molar-refractivity contribution in [2.45, 2.75) is 20.8 Å². The maximum Gasteiger partial charge on any atom is 0.123 e. The van der Waals surface area contributed by atoms with Crippen LogP contribution < -0.4 is 4.74 Å². The Morgan fingerprint density at radius 1 is 1.38 bits per heavy atom. The fourth-order valence-electron chi connectivity index (χ4n) is 1.25. The number of allylic oxidation sites excluding steroid dienone is 2. The topological polar surface area (TPSA) is 29.5 Å². The molecule has 88 valence electrons. The van der Waals surface area contributed by atoms with Gasteiger partial charge in [-0.1, -0.05) is 26.5 Å². The lowest BCUT2D eigenvalue weighted by Gasteiger charge is -2.06. The van der Waals surface area contributed by atoms with Gasteiger partial charge < -0.3 is 9.84 Å². The highest BCUT2D eigenvalue weighted by Crippen LogP contribution is 2.21. The first-order valence-corrected chi connectivity index (χ1v) is 5.35. The van der Waals surface area contributed by atoms with Crippen LogP contribution in [0.4, 0.5) is 0 Å². The summed E-state index contributed by atoms with van der Waals surface area (Å²) in [6.45, 7) is 9.45. The number of aryl methyl sites for hydroxylation is 1. The monoisotopic (exact) mass is 220 g/mol. The molecule has 0 aliphatic carbocycles. The van der Waals surface area contributed by atoms with Gasteiger partial charge in [-0.25, -0.2) is 0 Å². The van der Waals surface area contributed by atoms with E-state index in [9.17, 15) is 5.11 Å². The molecule has 1 N–H and O–H groups in total. The van der Waals surface area contributed by atoms with Crippen molar-refractivity contribution in [3.8, 4) is 5.75 Å². The van der Waals surface area contributed by atoms with Crippen molar-refractivity contribution in [3.05, 3.63) is 48.1 Å². The zero-order valence-electron chi connectivity index (χ0n) is 10.4. The summed E-state index contributed by atoms with van der Waals surface area (Å²) in [4.78, 5) is 0. The summed E-state index contributed by atoms with van der Waals surface area (Å²) in [7, 11) is 1.62. The van der Waals surface area contributed by atoms with Crippen LogP contribution >= 0.6 is 0 Å². The number of ether oxygens (including phenoxy) is 1. The Labute approximate surface area is 97.9 Å². The summed E-state index contributed by atoms with van der Waals surface area (Å²) in [5.41, 5.74) is 1.77. The van der Waals surface area contributed by atoms with E-state index in [1.165, 1.54) is 0 Å². The Balaban J connectivity index is 0.00000106. The maximum absolute atomic E-state index is 9.61. The zero-order valence-corrected chi connectivity index (χ0v) is 10.4. The Morgan fingerprint density at radius 2 is 2.00 bits per heavy atom. The van der Waals surface area contributed by atoms with Gasteiger partial charge in [0.1, 0.15) is 11.5 Å². The van der Waals surface area contributed by atoms with E-state index in [0.717, 1.165) is 16.9 Å². The molecule has 0 radical (unpaired) electrons. The third-order valence-electron chi connectivity index (χ3n) is 1.99. The summed E-state index contributed by atoms with van der Waals surface area (Å²) in [5, 5.41) is 9.61. The summed E-state index contributed by atoms with van der Waals surface area (Å²) >= 11 is 0. The number of benzene rings is 1. The molecule has 0 amide bonds. The summed E-state index contributed by atoms with van der Waals surface area (Å²) in [5.74, 6) is 1.01. The van der Waals surface area contributed by atoms with Gasteiger partial charge in [-0.05, 0) is 36.8 Å². The summed E-state index contributed by atoms with van der Waals surface area (Å²) < 4.78 is 5.07. The Morgan fingerprint density at radius 3 is 2.44 bits per heavy atom. The average molecular weight is 220 g/mol. The van der Waals surface area contributed by atoms with Crippen LogP contribution in [0.5, 0.6) is 5.75 Å². The second kappa shape index (κ2) is 7.57. The van der Waals surface area contributed by atoms with Gasteiger partial charge in [0.2, 0.25) is 0 Å². The van der Waals surface area contributed by atoms with E-state index in [4.69, 9.17) is 4.74 Å². The summed E-state index contributed by atoms with van der Waals surface area (Å²) in [6.07, 6.45) is 3.12. The second-order valence-electron chi connectivity index (χ2n) is 2.97. The van der Waals surface area contributed by atoms with E-state index in [2.05, 4.69) is 6.58 Å². The molecular formula is C14H20O2. The normalized spacial score (nSPS) is 10.1. The minimum absolute atomic E-state index is 0.222. The van der Waals surface area contributed by atoms with Crippen LogP contribution in [-0.4, -0.2) is 12.2 Å². The molecule has 1 aromatic rings. The highest BCUT2D eigenvalue weighted by atomic mass is 16.5. The fourth-order valence-corrected chi connectivity index (χ4v) is 1.25. The van der Waals surface area contributed by atoms with Crippen LogP contribution in [-0.2, 0) is 0 Å². The van der Waals surface area contributed by atoms with Crippen molar-refractivity contribution in [1.29, 1.82) is 0 Å². The lowest BCUT2D eigenvalue weighted by atomic mass is 10.1. The first-order chi connectivity index (χ1) is 7.69. The molecule has 0 bridgehead atoms. The lowest BCUT2D eigenvalue weighted by Crippen LogP contribution is -1.90. The van der Waals surface area contributed by atoms with E-state index >= 15 is 0 Å². The van der Waals surface area contributed by atoms with E-state index in [-0.39, 0.29) is 5.76 Å². The van der Waals surface area contributed by atoms with Gasteiger partial charge >= 0.3 is 0 Å². The van der Waals surface area contributed by atoms with Crippen molar-refractivity contribution >= 4 is 5.76 Å². The molecule has 0 saturated carbocycles. The van der Waals surface area contributed by atoms with Gasteiger partial charge in [0.25, 0.3) is 0 Å². The number of hydrogen-bond acceptors (Lipinski definition) is 2. The van der Waals surface area contributed by atoms with Crippen LogP contribution in [0, 0.1) is 6.92 Å². The minimum atomic E-state index is 0.222. The molecule has 0 spiro atoms. The molecule has 0 atom stereocenters. The molecule has 0 fully saturated rings. The van der Waals surface area contributed by atoms with Crippen LogP contribution in [0.3, 0.4) is 0 Å². The highest BCUT2D eigenvalue weighted by molar-refractivity contribution is 5.63. The van der Waals surface area contributed by atoms with E-state index in [1.54, 1.807) is 19.3 Å². The smallest absolute Gasteiger partial charge is 0.123 e. The molecule has 16 heavy (non-hydrogen) atoms. The predicted octanol–water partition coefficient (Wildman–Crippen LogP) is 4.11. The third kappa shape index (κ3) is 3.81. The SMILES string of the molecule is C=C/C=C(/O)c1ccc(OC)cc1C.CC. The van der Waals surface area contributed by atoms with Gasteiger partial charge in [0, 0.05) is 5.56 Å². The van der Waals surface area contributed by atoms with Gasteiger partial charge in [-0.3, -0.25) is 0 Å². The Hall–Kier alpha value is -1.70.